The van der Waals surface area contributed by atoms with Crippen LogP contribution in [-0.4, -0.2) is 23.2 Å². The van der Waals surface area contributed by atoms with Crippen LogP contribution in [-0.2, 0) is 22.4 Å². The number of amides is 2. The number of nitrogens with one attached hydrogen (secondary N) is 2. The number of carbonyl (C=O) groups is 2. The summed E-state index contributed by atoms with van der Waals surface area (Å²) in [5, 5.41) is 8.02. The molecule has 0 saturated heterocycles. The van der Waals surface area contributed by atoms with E-state index in [4.69, 9.17) is 0 Å². The maximum absolute atomic E-state index is 12.0. The number of hydrogen-bond donors (Lipinski definition) is 2. The van der Waals surface area contributed by atoms with E-state index < -0.39 is 11.8 Å². The highest BCUT2D eigenvalue weighted by molar-refractivity contribution is 6.35. The van der Waals surface area contributed by atoms with Crippen molar-refractivity contribution in [2.75, 3.05) is 0 Å². The van der Waals surface area contributed by atoms with E-state index in [1.165, 1.54) is 11.1 Å². The van der Waals surface area contributed by atoms with Gasteiger partial charge in [0, 0.05) is 0 Å². The SMILES string of the molecule is CCCc1ccc(/C(C)=N/NC(=O)C(=O)N/N=C(\C)c2ccc(CCC)cc2)cc1. The first kappa shape index (κ1) is 23.0. The molecule has 0 aliphatic carbocycles. The highest BCUT2D eigenvalue weighted by Gasteiger charge is 2.12. The Labute approximate surface area is 178 Å². The fourth-order valence-corrected chi connectivity index (χ4v) is 2.90. The number of carbonyl (C=O) groups excluding carboxylic acids is 2. The van der Waals surface area contributed by atoms with Gasteiger partial charge < -0.3 is 0 Å². The summed E-state index contributed by atoms with van der Waals surface area (Å²) in [6, 6.07) is 16.0. The lowest BCUT2D eigenvalue weighted by Gasteiger charge is -2.05. The van der Waals surface area contributed by atoms with Gasteiger partial charge in [0.1, 0.15) is 0 Å². The van der Waals surface area contributed by atoms with E-state index in [0.29, 0.717) is 11.4 Å². The maximum Gasteiger partial charge on any atom is 0.331 e. The number of hydrazone groups is 2. The molecule has 2 aromatic carbocycles. The molecule has 0 radical (unpaired) electrons. The van der Waals surface area contributed by atoms with Gasteiger partial charge in [-0.15, -0.1) is 0 Å². The third kappa shape index (κ3) is 6.95. The monoisotopic (exact) mass is 406 g/mol. The molecule has 0 aliphatic rings. The van der Waals surface area contributed by atoms with Gasteiger partial charge in [0.2, 0.25) is 0 Å². The predicted octanol–water partition coefficient (Wildman–Crippen LogP) is 3.97. The maximum atomic E-state index is 12.0. The van der Waals surface area contributed by atoms with Crippen molar-refractivity contribution in [3.8, 4) is 0 Å². The van der Waals surface area contributed by atoms with Crippen LogP contribution in [0.1, 0.15) is 62.8 Å². The zero-order valence-corrected chi connectivity index (χ0v) is 18.2. The largest absolute Gasteiger partial charge is 0.331 e. The van der Waals surface area contributed by atoms with Gasteiger partial charge in [-0.05, 0) is 48.9 Å². The normalized spacial score (nSPS) is 11.9. The van der Waals surface area contributed by atoms with E-state index >= 15 is 0 Å². The van der Waals surface area contributed by atoms with E-state index in [2.05, 4.69) is 34.9 Å². The Kier molecular flexibility index (Phi) is 8.94. The van der Waals surface area contributed by atoms with Gasteiger partial charge in [-0.25, -0.2) is 10.9 Å². The van der Waals surface area contributed by atoms with Crippen LogP contribution in [0.3, 0.4) is 0 Å². The highest BCUT2D eigenvalue weighted by Crippen LogP contribution is 2.08. The molecule has 2 aromatic rings. The zero-order valence-electron chi connectivity index (χ0n) is 18.2. The van der Waals surface area contributed by atoms with Crippen LogP contribution in [0.15, 0.2) is 58.7 Å². The lowest BCUT2D eigenvalue weighted by molar-refractivity contribution is -0.139. The molecule has 0 heterocycles. The fourth-order valence-electron chi connectivity index (χ4n) is 2.90. The van der Waals surface area contributed by atoms with Crippen LogP contribution in [0.4, 0.5) is 0 Å². The molecule has 0 aliphatic heterocycles. The molecule has 2 N–H and O–H groups in total. The first-order valence-electron chi connectivity index (χ1n) is 10.3. The van der Waals surface area contributed by atoms with E-state index in [9.17, 15) is 9.59 Å². The van der Waals surface area contributed by atoms with E-state index in [1.807, 2.05) is 48.5 Å². The number of benzene rings is 2. The van der Waals surface area contributed by atoms with Crippen molar-refractivity contribution in [2.24, 2.45) is 10.2 Å². The van der Waals surface area contributed by atoms with E-state index in [1.54, 1.807) is 13.8 Å². The minimum absolute atomic E-state index is 0.617. The quantitative estimate of drug-likeness (QED) is 0.395. The standard InChI is InChI=1S/C24H30N4O2/c1-5-7-19-9-13-21(14-10-19)17(3)25-27-23(29)24(30)28-26-18(4)22-15-11-20(8-6-2)12-16-22/h9-16H,5-8H2,1-4H3,(H,27,29)(H,28,30)/b25-17+,26-18+. The van der Waals surface area contributed by atoms with Crippen LogP contribution >= 0.6 is 0 Å². The molecule has 0 saturated carbocycles. The Morgan fingerprint density at radius 3 is 1.30 bits per heavy atom. The molecule has 6 heteroatoms. The molecule has 30 heavy (non-hydrogen) atoms. The summed E-state index contributed by atoms with van der Waals surface area (Å²) in [6.45, 7) is 7.82. The van der Waals surface area contributed by atoms with Gasteiger partial charge >= 0.3 is 11.8 Å². The lowest BCUT2D eigenvalue weighted by atomic mass is 10.1. The van der Waals surface area contributed by atoms with Crippen molar-refractivity contribution in [1.29, 1.82) is 0 Å². The Morgan fingerprint density at radius 1 is 0.667 bits per heavy atom. The van der Waals surface area contributed by atoms with Crippen molar-refractivity contribution in [3.63, 3.8) is 0 Å². The van der Waals surface area contributed by atoms with Gasteiger partial charge in [0.15, 0.2) is 0 Å². The third-order valence-corrected chi connectivity index (χ3v) is 4.68. The Hall–Kier alpha value is -3.28. The topological polar surface area (TPSA) is 82.9 Å². The Bertz CT molecular complexity index is 836. The molecule has 6 nitrogen and oxygen atoms in total. The zero-order chi connectivity index (χ0) is 21.9. The summed E-state index contributed by atoms with van der Waals surface area (Å²) in [5.41, 5.74) is 10.1. The van der Waals surface area contributed by atoms with Crippen LogP contribution in [0.2, 0.25) is 0 Å². The van der Waals surface area contributed by atoms with Gasteiger partial charge in [0.05, 0.1) is 11.4 Å². The molecule has 0 fully saturated rings. The van der Waals surface area contributed by atoms with Crippen LogP contribution < -0.4 is 10.9 Å². The van der Waals surface area contributed by atoms with Gasteiger partial charge in [-0.3, -0.25) is 9.59 Å². The van der Waals surface area contributed by atoms with Crippen LogP contribution in [0, 0.1) is 0 Å². The first-order valence-corrected chi connectivity index (χ1v) is 10.3. The lowest BCUT2D eigenvalue weighted by Crippen LogP contribution is -2.36. The van der Waals surface area contributed by atoms with E-state index in [-0.39, 0.29) is 0 Å². The molecular formula is C24H30N4O2. The van der Waals surface area contributed by atoms with Crippen molar-refractivity contribution in [3.05, 3.63) is 70.8 Å². The molecule has 2 rings (SSSR count). The summed E-state index contributed by atoms with van der Waals surface area (Å²) in [5.74, 6) is -1.74. The smallest absolute Gasteiger partial charge is 0.262 e. The number of aryl methyl sites for hydroxylation is 2. The van der Waals surface area contributed by atoms with Crippen molar-refractivity contribution in [2.45, 2.75) is 53.4 Å². The highest BCUT2D eigenvalue weighted by atomic mass is 16.2. The number of nitrogens with zero attached hydrogens (tertiary/aromatic N) is 2. The second-order valence-electron chi connectivity index (χ2n) is 7.17. The summed E-state index contributed by atoms with van der Waals surface area (Å²) in [6.07, 6.45) is 4.22. The van der Waals surface area contributed by atoms with Gasteiger partial charge in [-0.1, -0.05) is 75.2 Å². The van der Waals surface area contributed by atoms with Crippen molar-refractivity contribution >= 4 is 23.2 Å². The predicted molar refractivity (Wildman–Crippen MR) is 122 cm³/mol. The number of rotatable bonds is 8. The van der Waals surface area contributed by atoms with Crippen molar-refractivity contribution in [1.82, 2.24) is 10.9 Å². The number of hydrogen-bond acceptors (Lipinski definition) is 4. The van der Waals surface area contributed by atoms with Crippen molar-refractivity contribution < 1.29 is 9.59 Å². The summed E-state index contributed by atoms with van der Waals surface area (Å²) in [7, 11) is 0. The molecule has 0 bridgehead atoms. The second-order valence-corrected chi connectivity index (χ2v) is 7.17. The first-order chi connectivity index (χ1) is 14.4. The molecular weight excluding hydrogens is 376 g/mol. The molecule has 2 amide bonds. The molecule has 0 atom stereocenters. The van der Waals surface area contributed by atoms with Crippen LogP contribution in [0.25, 0.3) is 0 Å². The van der Waals surface area contributed by atoms with Gasteiger partial charge in [0.25, 0.3) is 0 Å². The molecule has 0 spiro atoms. The molecule has 158 valence electrons. The fraction of sp³-hybridized carbons (Fsp3) is 0.333. The summed E-state index contributed by atoms with van der Waals surface area (Å²) < 4.78 is 0. The van der Waals surface area contributed by atoms with Crippen LogP contribution in [0.5, 0.6) is 0 Å². The molecule has 0 unspecified atom stereocenters. The Morgan fingerprint density at radius 2 is 1.00 bits per heavy atom. The summed E-state index contributed by atoms with van der Waals surface area (Å²) >= 11 is 0. The van der Waals surface area contributed by atoms with Gasteiger partial charge in [-0.2, -0.15) is 10.2 Å². The van der Waals surface area contributed by atoms with E-state index in [0.717, 1.165) is 36.8 Å². The molecule has 0 aromatic heterocycles. The summed E-state index contributed by atoms with van der Waals surface area (Å²) in [4.78, 5) is 24.0. The minimum Gasteiger partial charge on any atom is -0.262 e. The minimum atomic E-state index is -0.869. The average molecular weight is 407 g/mol. The average Bonchev–Trinajstić information content (AvgIpc) is 2.76. The second kappa shape index (κ2) is 11.7. The third-order valence-electron chi connectivity index (χ3n) is 4.68. The Balaban J connectivity index is 1.91.